The molecule has 3 heteroatoms. The Balaban J connectivity index is 2.36. The van der Waals surface area contributed by atoms with Gasteiger partial charge in [0.1, 0.15) is 0 Å². The normalized spacial score (nSPS) is 30.0. The maximum absolute atomic E-state index is 9.61. The number of aliphatic hydroxyl groups excluding tert-OH is 1. The Morgan fingerprint density at radius 1 is 1.64 bits per heavy atom. The molecular weight excluding hydrogens is 176 g/mol. The molecule has 2 rings (SSSR count). The van der Waals surface area contributed by atoms with E-state index in [4.69, 9.17) is 0 Å². The average Bonchev–Trinajstić information content (AvgIpc) is 2.34. The smallest absolute Gasteiger partial charge is 0.0819 e. The van der Waals surface area contributed by atoms with E-state index in [-0.39, 0.29) is 6.10 Å². The lowest BCUT2D eigenvalue weighted by Crippen LogP contribution is -2.10. The van der Waals surface area contributed by atoms with E-state index in [1.807, 2.05) is 17.8 Å². The van der Waals surface area contributed by atoms with Gasteiger partial charge in [0.05, 0.1) is 10.3 Å². The Kier molecular flexibility index (Phi) is 1.95. The summed E-state index contributed by atoms with van der Waals surface area (Å²) in [7, 11) is 0. The van der Waals surface area contributed by atoms with E-state index in [1.54, 1.807) is 11.3 Å². The Labute approximate surface area is 74.4 Å². The molecule has 0 aromatic carbocycles. The predicted octanol–water partition coefficient (Wildman–Crippen LogP) is 2.67. The summed E-state index contributed by atoms with van der Waals surface area (Å²) in [4.78, 5) is 0. The van der Waals surface area contributed by atoms with Crippen molar-refractivity contribution in [1.29, 1.82) is 0 Å². The summed E-state index contributed by atoms with van der Waals surface area (Å²) in [5.74, 6) is 0. The molecule has 0 saturated heterocycles. The van der Waals surface area contributed by atoms with Gasteiger partial charge >= 0.3 is 0 Å². The van der Waals surface area contributed by atoms with E-state index in [1.165, 1.54) is 4.21 Å². The summed E-state index contributed by atoms with van der Waals surface area (Å²) in [5, 5.41) is 12.2. The molecule has 1 nitrogen and oxygen atoms in total. The molecule has 0 saturated carbocycles. The van der Waals surface area contributed by atoms with Gasteiger partial charge < -0.3 is 5.11 Å². The summed E-state index contributed by atoms with van der Waals surface area (Å²) >= 11 is 3.62. The lowest BCUT2D eigenvalue weighted by atomic mass is 10.1. The van der Waals surface area contributed by atoms with Crippen molar-refractivity contribution in [1.82, 2.24) is 0 Å². The number of hydrogen-bond acceptors (Lipinski definition) is 3. The largest absolute Gasteiger partial charge is 0.388 e. The highest BCUT2D eigenvalue weighted by Crippen LogP contribution is 2.43. The minimum Gasteiger partial charge on any atom is -0.388 e. The molecule has 0 bridgehead atoms. The first-order valence-electron chi connectivity index (χ1n) is 3.69. The Hall–Kier alpha value is 0.01000. The van der Waals surface area contributed by atoms with Crippen molar-refractivity contribution in [2.75, 3.05) is 0 Å². The number of aliphatic hydroxyl groups is 1. The van der Waals surface area contributed by atoms with Crippen LogP contribution in [0.3, 0.4) is 0 Å². The highest BCUT2D eigenvalue weighted by Gasteiger charge is 2.23. The van der Waals surface area contributed by atoms with Crippen molar-refractivity contribution in [2.45, 2.75) is 28.9 Å². The fourth-order valence-corrected chi connectivity index (χ4v) is 3.86. The van der Waals surface area contributed by atoms with E-state index in [2.05, 4.69) is 12.3 Å². The van der Waals surface area contributed by atoms with E-state index < -0.39 is 0 Å². The molecule has 1 aromatic rings. The van der Waals surface area contributed by atoms with Gasteiger partial charge in [-0.3, -0.25) is 0 Å². The van der Waals surface area contributed by atoms with Crippen molar-refractivity contribution in [3.63, 3.8) is 0 Å². The first-order valence-corrected chi connectivity index (χ1v) is 5.45. The van der Waals surface area contributed by atoms with Gasteiger partial charge in [-0.1, -0.05) is 6.92 Å². The van der Waals surface area contributed by atoms with Crippen molar-refractivity contribution >= 4 is 23.1 Å². The Morgan fingerprint density at radius 3 is 3.27 bits per heavy atom. The minimum atomic E-state index is -0.215. The van der Waals surface area contributed by atoms with Gasteiger partial charge in [0, 0.05) is 10.8 Å². The first-order chi connectivity index (χ1) is 5.27. The molecule has 2 heterocycles. The number of hydrogen-bond donors (Lipinski definition) is 1. The highest BCUT2D eigenvalue weighted by molar-refractivity contribution is 8.01. The van der Waals surface area contributed by atoms with E-state index in [9.17, 15) is 5.11 Å². The summed E-state index contributed by atoms with van der Waals surface area (Å²) in [6.45, 7) is 2.16. The Morgan fingerprint density at radius 2 is 2.45 bits per heavy atom. The van der Waals surface area contributed by atoms with Crippen molar-refractivity contribution < 1.29 is 5.11 Å². The summed E-state index contributed by atoms with van der Waals surface area (Å²) in [5.41, 5.74) is 1.14. The maximum atomic E-state index is 9.61. The molecule has 0 radical (unpaired) electrons. The average molecular weight is 186 g/mol. The predicted molar refractivity (Wildman–Crippen MR) is 49.2 cm³/mol. The second kappa shape index (κ2) is 2.81. The van der Waals surface area contributed by atoms with E-state index in [0.717, 1.165) is 12.0 Å². The molecule has 1 aliphatic rings. The number of thioether (sulfide) groups is 1. The van der Waals surface area contributed by atoms with Crippen LogP contribution in [-0.4, -0.2) is 10.4 Å². The zero-order valence-electron chi connectivity index (χ0n) is 6.28. The third kappa shape index (κ3) is 1.33. The van der Waals surface area contributed by atoms with Gasteiger partial charge in [0.2, 0.25) is 0 Å². The van der Waals surface area contributed by atoms with Crippen LogP contribution in [-0.2, 0) is 0 Å². The highest BCUT2D eigenvalue weighted by atomic mass is 32.2. The maximum Gasteiger partial charge on any atom is 0.0819 e. The molecule has 2 unspecified atom stereocenters. The van der Waals surface area contributed by atoms with E-state index >= 15 is 0 Å². The van der Waals surface area contributed by atoms with Crippen molar-refractivity contribution in [2.24, 2.45) is 0 Å². The monoisotopic (exact) mass is 186 g/mol. The second-order valence-electron chi connectivity index (χ2n) is 2.84. The number of rotatable bonds is 0. The van der Waals surface area contributed by atoms with Crippen LogP contribution in [0.25, 0.3) is 0 Å². The zero-order chi connectivity index (χ0) is 7.84. The van der Waals surface area contributed by atoms with Crippen LogP contribution in [0, 0.1) is 0 Å². The summed E-state index contributed by atoms with van der Waals surface area (Å²) in [6, 6.07) is 2.03. The topological polar surface area (TPSA) is 20.2 Å². The molecule has 11 heavy (non-hydrogen) atoms. The lowest BCUT2D eigenvalue weighted by molar-refractivity contribution is 0.164. The Bertz CT molecular complexity index is 256. The van der Waals surface area contributed by atoms with E-state index in [0.29, 0.717) is 5.25 Å². The molecule has 1 N–H and O–H groups in total. The summed E-state index contributed by atoms with van der Waals surface area (Å²) < 4.78 is 1.30. The van der Waals surface area contributed by atoms with Gasteiger partial charge in [0.15, 0.2) is 0 Å². The molecule has 60 valence electrons. The second-order valence-corrected chi connectivity index (χ2v) is 5.47. The molecule has 1 aliphatic heterocycles. The minimum absolute atomic E-state index is 0.215. The number of thiophene rings is 1. The first kappa shape index (κ1) is 7.65. The molecule has 0 amide bonds. The SMILES string of the molecule is CC1CC(O)c2ccsc2S1. The van der Waals surface area contributed by atoms with Crippen LogP contribution in [0.5, 0.6) is 0 Å². The molecule has 1 aromatic heterocycles. The van der Waals surface area contributed by atoms with Gasteiger partial charge in [-0.15, -0.1) is 23.1 Å². The van der Waals surface area contributed by atoms with Gasteiger partial charge in [-0.05, 0) is 17.9 Å². The lowest BCUT2D eigenvalue weighted by Gasteiger charge is -2.22. The number of fused-ring (bicyclic) bond motifs is 1. The van der Waals surface area contributed by atoms with Crippen LogP contribution in [0.4, 0.5) is 0 Å². The van der Waals surface area contributed by atoms with Gasteiger partial charge in [0.25, 0.3) is 0 Å². The third-order valence-corrected chi connectivity index (χ3v) is 4.22. The van der Waals surface area contributed by atoms with Crippen LogP contribution in [0.2, 0.25) is 0 Å². The van der Waals surface area contributed by atoms with Gasteiger partial charge in [-0.25, -0.2) is 0 Å². The molecule has 0 spiro atoms. The standard InChI is InChI=1S/C8H10OS2/c1-5-4-7(9)6-2-3-10-8(6)11-5/h2-3,5,7,9H,4H2,1H3. The zero-order valence-corrected chi connectivity index (χ0v) is 7.91. The van der Waals surface area contributed by atoms with Gasteiger partial charge in [-0.2, -0.15) is 0 Å². The fourth-order valence-electron chi connectivity index (χ4n) is 1.32. The summed E-state index contributed by atoms with van der Waals surface area (Å²) in [6.07, 6.45) is 0.682. The van der Waals surface area contributed by atoms with Crippen molar-refractivity contribution in [3.8, 4) is 0 Å². The van der Waals surface area contributed by atoms with Crippen molar-refractivity contribution in [3.05, 3.63) is 17.0 Å². The quantitative estimate of drug-likeness (QED) is 0.672. The third-order valence-electron chi connectivity index (χ3n) is 1.88. The van der Waals surface area contributed by atoms with Crippen LogP contribution < -0.4 is 0 Å². The molecule has 2 atom stereocenters. The van der Waals surface area contributed by atoms with Crippen LogP contribution in [0.1, 0.15) is 25.0 Å². The van der Waals surface area contributed by atoms with Crippen LogP contribution in [0.15, 0.2) is 15.7 Å². The molecule has 0 fully saturated rings. The van der Waals surface area contributed by atoms with Crippen LogP contribution >= 0.6 is 23.1 Å². The molecular formula is C8H10OS2. The molecule has 0 aliphatic carbocycles. The fraction of sp³-hybridized carbons (Fsp3) is 0.500.